The van der Waals surface area contributed by atoms with Crippen LogP contribution in [0.3, 0.4) is 0 Å². The molecule has 0 spiro atoms. The predicted octanol–water partition coefficient (Wildman–Crippen LogP) is 1.52. The Bertz CT molecular complexity index is 461. The molecule has 108 valence electrons. The molecule has 0 amide bonds. The van der Waals surface area contributed by atoms with Crippen molar-refractivity contribution in [1.82, 2.24) is 4.90 Å². The van der Waals surface area contributed by atoms with Gasteiger partial charge < -0.3 is 10.5 Å². The molecule has 1 aliphatic rings. The Kier molecular flexibility index (Phi) is 5.12. The minimum atomic E-state index is -0.413. The molecule has 1 heterocycles. The zero-order chi connectivity index (χ0) is 14.4. The highest BCUT2D eigenvalue weighted by atomic mass is 16.5. The van der Waals surface area contributed by atoms with Crippen molar-refractivity contribution in [2.45, 2.75) is 31.8 Å². The fourth-order valence-corrected chi connectivity index (χ4v) is 2.51. The summed E-state index contributed by atoms with van der Waals surface area (Å²) in [5.74, 6) is -0.563. The normalized spacial score (nSPS) is 18.9. The van der Waals surface area contributed by atoms with E-state index in [4.69, 9.17) is 15.9 Å². The van der Waals surface area contributed by atoms with Gasteiger partial charge in [0.1, 0.15) is 18.9 Å². The van der Waals surface area contributed by atoms with Crippen molar-refractivity contribution in [3.8, 4) is 0 Å². The molecule has 1 saturated heterocycles. The van der Waals surface area contributed by atoms with Crippen molar-refractivity contribution in [3.63, 3.8) is 0 Å². The zero-order valence-corrected chi connectivity index (χ0v) is 11.5. The monoisotopic (exact) mass is 275 g/mol. The Morgan fingerprint density at radius 3 is 2.85 bits per heavy atom. The van der Waals surface area contributed by atoms with E-state index in [-0.39, 0.29) is 18.3 Å². The standard InChI is InChI=1S/C15H21N3O2/c16-14(17)9-15(19)20-11-13-7-4-8-18(13)10-12-5-2-1-3-6-12/h1-3,5-6,13H,4,7-11H2,(H3,16,17). The van der Waals surface area contributed by atoms with Crippen molar-refractivity contribution < 1.29 is 9.53 Å². The van der Waals surface area contributed by atoms with Crippen LogP contribution in [-0.4, -0.2) is 35.9 Å². The van der Waals surface area contributed by atoms with Crippen molar-refractivity contribution >= 4 is 11.8 Å². The van der Waals surface area contributed by atoms with Gasteiger partial charge >= 0.3 is 5.97 Å². The molecule has 3 N–H and O–H groups in total. The van der Waals surface area contributed by atoms with Crippen LogP contribution >= 0.6 is 0 Å². The topological polar surface area (TPSA) is 79.4 Å². The van der Waals surface area contributed by atoms with E-state index >= 15 is 0 Å². The second-order valence-electron chi connectivity index (χ2n) is 5.14. The molecule has 1 aromatic carbocycles. The highest BCUT2D eigenvalue weighted by Gasteiger charge is 2.25. The van der Waals surface area contributed by atoms with E-state index < -0.39 is 5.97 Å². The lowest BCUT2D eigenvalue weighted by Gasteiger charge is -2.24. The van der Waals surface area contributed by atoms with Crippen LogP contribution in [0.2, 0.25) is 0 Å². The summed E-state index contributed by atoms with van der Waals surface area (Å²) in [5, 5.41) is 7.07. The molecule has 0 saturated carbocycles. The molecule has 20 heavy (non-hydrogen) atoms. The molecule has 2 rings (SSSR count). The first-order chi connectivity index (χ1) is 9.65. The third-order valence-corrected chi connectivity index (χ3v) is 3.50. The summed E-state index contributed by atoms with van der Waals surface area (Å²) < 4.78 is 5.20. The number of ether oxygens (including phenoxy) is 1. The minimum Gasteiger partial charge on any atom is -0.464 e. The van der Waals surface area contributed by atoms with Gasteiger partial charge in [0, 0.05) is 12.6 Å². The molecule has 0 radical (unpaired) electrons. The fourth-order valence-electron chi connectivity index (χ4n) is 2.51. The van der Waals surface area contributed by atoms with Crippen molar-refractivity contribution in [1.29, 1.82) is 5.41 Å². The van der Waals surface area contributed by atoms with Crippen LogP contribution in [-0.2, 0) is 16.1 Å². The summed E-state index contributed by atoms with van der Waals surface area (Å²) in [6, 6.07) is 10.6. The van der Waals surface area contributed by atoms with E-state index in [1.807, 2.05) is 18.2 Å². The second-order valence-corrected chi connectivity index (χ2v) is 5.14. The number of hydrogen-bond acceptors (Lipinski definition) is 4. The number of nitrogens with zero attached hydrogens (tertiary/aromatic N) is 1. The van der Waals surface area contributed by atoms with E-state index in [0.29, 0.717) is 6.61 Å². The number of amidine groups is 1. The number of likely N-dealkylation sites (tertiary alicyclic amines) is 1. The number of nitrogens with one attached hydrogen (secondary N) is 1. The molecule has 1 fully saturated rings. The van der Waals surface area contributed by atoms with Crippen LogP contribution in [0.5, 0.6) is 0 Å². The second kappa shape index (κ2) is 7.05. The number of carbonyl (C=O) groups excluding carboxylic acids is 1. The average Bonchev–Trinajstić information content (AvgIpc) is 2.84. The molecule has 0 bridgehead atoms. The van der Waals surface area contributed by atoms with Gasteiger partial charge in [-0.05, 0) is 24.9 Å². The van der Waals surface area contributed by atoms with Crippen molar-refractivity contribution in [2.24, 2.45) is 5.73 Å². The van der Waals surface area contributed by atoms with E-state index in [1.54, 1.807) is 0 Å². The van der Waals surface area contributed by atoms with Gasteiger partial charge in [0.2, 0.25) is 0 Å². The third-order valence-electron chi connectivity index (χ3n) is 3.50. The molecule has 1 unspecified atom stereocenters. The van der Waals surface area contributed by atoms with Crippen LogP contribution in [0.4, 0.5) is 0 Å². The molecule has 5 nitrogen and oxygen atoms in total. The maximum atomic E-state index is 11.4. The number of nitrogens with two attached hydrogens (primary N) is 1. The lowest BCUT2D eigenvalue weighted by Crippen LogP contribution is -2.33. The summed E-state index contributed by atoms with van der Waals surface area (Å²) in [4.78, 5) is 13.8. The van der Waals surface area contributed by atoms with E-state index in [9.17, 15) is 4.79 Å². The highest BCUT2D eigenvalue weighted by Crippen LogP contribution is 2.20. The third kappa shape index (κ3) is 4.35. The van der Waals surface area contributed by atoms with Gasteiger partial charge in [-0.15, -0.1) is 0 Å². The molecule has 1 aromatic rings. The summed E-state index contributed by atoms with van der Waals surface area (Å²) in [5.41, 5.74) is 6.45. The molecule has 5 heteroatoms. The molecule has 0 aliphatic carbocycles. The number of esters is 1. The maximum absolute atomic E-state index is 11.4. The Morgan fingerprint density at radius 2 is 2.15 bits per heavy atom. The first-order valence-corrected chi connectivity index (χ1v) is 6.91. The predicted molar refractivity (Wildman–Crippen MR) is 77.4 cm³/mol. The summed E-state index contributed by atoms with van der Waals surface area (Å²) in [6.45, 7) is 2.30. The highest BCUT2D eigenvalue weighted by molar-refractivity contribution is 5.94. The quantitative estimate of drug-likeness (QED) is 0.468. The van der Waals surface area contributed by atoms with Gasteiger partial charge in [-0.2, -0.15) is 0 Å². The van der Waals surface area contributed by atoms with Crippen LogP contribution in [0.1, 0.15) is 24.8 Å². The number of carbonyl (C=O) groups is 1. The van der Waals surface area contributed by atoms with Gasteiger partial charge in [-0.1, -0.05) is 30.3 Å². The Balaban J connectivity index is 1.82. The van der Waals surface area contributed by atoms with Crippen molar-refractivity contribution in [2.75, 3.05) is 13.2 Å². The summed E-state index contributed by atoms with van der Waals surface area (Å²) >= 11 is 0. The summed E-state index contributed by atoms with van der Waals surface area (Å²) in [7, 11) is 0. The van der Waals surface area contributed by atoms with Crippen LogP contribution in [0.15, 0.2) is 30.3 Å². The van der Waals surface area contributed by atoms with Crippen LogP contribution in [0.25, 0.3) is 0 Å². The SMILES string of the molecule is N=C(N)CC(=O)OCC1CCCN1Cc1ccccc1. The Hall–Kier alpha value is -1.88. The molecule has 1 aliphatic heterocycles. The van der Waals surface area contributed by atoms with E-state index in [0.717, 1.165) is 25.9 Å². The average molecular weight is 275 g/mol. The van der Waals surface area contributed by atoms with Gasteiger partial charge in [-0.25, -0.2) is 0 Å². The smallest absolute Gasteiger partial charge is 0.313 e. The minimum absolute atomic E-state index is 0.120. The van der Waals surface area contributed by atoms with E-state index in [1.165, 1.54) is 5.56 Å². The molecule has 0 aromatic heterocycles. The zero-order valence-electron chi connectivity index (χ0n) is 11.5. The Morgan fingerprint density at radius 1 is 1.40 bits per heavy atom. The van der Waals surface area contributed by atoms with Crippen LogP contribution < -0.4 is 5.73 Å². The molecule has 1 atom stereocenters. The Labute approximate surface area is 119 Å². The lowest BCUT2D eigenvalue weighted by atomic mass is 10.2. The maximum Gasteiger partial charge on any atom is 0.313 e. The number of benzene rings is 1. The number of hydrogen-bond donors (Lipinski definition) is 2. The molecular weight excluding hydrogens is 254 g/mol. The first kappa shape index (κ1) is 14.5. The number of rotatable bonds is 6. The van der Waals surface area contributed by atoms with Crippen molar-refractivity contribution in [3.05, 3.63) is 35.9 Å². The van der Waals surface area contributed by atoms with Crippen LogP contribution in [0, 0.1) is 5.41 Å². The summed E-state index contributed by atoms with van der Waals surface area (Å²) in [6.07, 6.45) is 2.05. The van der Waals surface area contributed by atoms with Gasteiger partial charge in [0.05, 0.1) is 0 Å². The van der Waals surface area contributed by atoms with Gasteiger partial charge in [0.25, 0.3) is 0 Å². The molecular formula is C15H21N3O2. The first-order valence-electron chi connectivity index (χ1n) is 6.91. The lowest BCUT2D eigenvalue weighted by molar-refractivity contribution is -0.143. The van der Waals surface area contributed by atoms with Gasteiger partial charge in [0.15, 0.2) is 0 Å². The largest absolute Gasteiger partial charge is 0.464 e. The van der Waals surface area contributed by atoms with Gasteiger partial charge in [-0.3, -0.25) is 15.1 Å². The van der Waals surface area contributed by atoms with E-state index in [2.05, 4.69) is 17.0 Å². The fraction of sp³-hybridized carbons (Fsp3) is 0.467.